The number of hydrogen-bond donors (Lipinski definition) is 1. The van der Waals surface area contributed by atoms with Gasteiger partial charge in [-0.3, -0.25) is 0 Å². The molecule has 0 saturated carbocycles. The van der Waals surface area contributed by atoms with Crippen LogP contribution in [0.5, 0.6) is 0 Å². The standard InChI is InChI=1S/C17H29NO2/c1-14(2)18-10-9-16-5-7-17(8-6-16)13-19-11-12-20-15(3)4/h5-8,14-15,18H,9-13H2,1-4H3. The van der Waals surface area contributed by atoms with Gasteiger partial charge in [0.15, 0.2) is 0 Å². The summed E-state index contributed by atoms with van der Waals surface area (Å²) in [4.78, 5) is 0. The third-order valence-electron chi connectivity index (χ3n) is 2.94. The minimum Gasteiger partial charge on any atom is -0.376 e. The number of benzene rings is 1. The minimum atomic E-state index is 0.275. The molecule has 0 aliphatic heterocycles. The van der Waals surface area contributed by atoms with Gasteiger partial charge in [0.05, 0.1) is 25.9 Å². The van der Waals surface area contributed by atoms with Crippen molar-refractivity contribution in [1.29, 1.82) is 0 Å². The predicted molar refractivity (Wildman–Crippen MR) is 84.0 cm³/mol. The molecule has 114 valence electrons. The van der Waals surface area contributed by atoms with Crippen LogP contribution in [0, 0.1) is 0 Å². The van der Waals surface area contributed by atoms with E-state index in [9.17, 15) is 0 Å². The maximum Gasteiger partial charge on any atom is 0.0718 e. The quantitative estimate of drug-likeness (QED) is 0.667. The Balaban J connectivity index is 2.18. The molecule has 0 aromatic heterocycles. The van der Waals surface area contributed by atoms with E-state index < -0.39 is 0 Å². The fourth-order valence-electron chi connectivity index (χ4n) is 1.84. The Morgan fingerprint density at radius 2 is 1.60 bits per heavy atom. The van der Waals surface area contributed by atoms with E-state index in [-0.39, 0.29) is 6.10 Å². The maximum absolute atomic E-state index is 5.59. The van der Waals surface area contributed by atoms with E-state index in [0.717, 1.165) is 13.0 Å². The van der Waals surface area contributed by atoms with Crippen LogP contribution >= 0.6 is 0 Å². The molecular formula is C17H29NO2. The molecule has 1 N–H and O–H groups in total. The smallest absolute Gasteiger partial charge is 0.0718 e. The normalized spacial score (nSPS) is 11.5. The van der Waals surface area contributed by atoms with Crippen LogP contribution in [0.4, 0.5) is 0 Å². The predicted octanol–water partition coefficient (Wildman–Crippen LogP) is 3.17. The minimum absolute atomic E-state index is 0.275. The molecule has 0 amide bonds. The van der Waals surface area contributed by atoms with Crippen LogP contribution in [-0.2, 0) is 22.5 Å². The molecule has 0 fully saturated rings. The van der Waals surface area contributed by atoms with Crippen molar-refractivity contribution in [3.8, 4) is 0 Å². The van der Waals surface area contributed by atoms with Gasteiger partial charge in [0.25, 0.3) is 0 Å². The van der Waals surface area contributed by atoms with Gasteiger partial charge in [0.1, 0.15) is 0 Å². The van der Waals surface area contributed by atoms with E-state index in [4.69, 9.17) is 9.47 Å². The van der Waals surface area contributed by atoms with E-state index in [2.05, 4.69) is 43.4 Å². The molecule has 0 aliphatic carbocycles. The average Bonchev–Trinajstić information content (AvgIpc) is 2.39. The lowest BCUT2D eigenvalue weighted by Crippen LogP contribution is -2.24. The topological polar surface area (TPSA) is 30.5 Å². The molecule has 1 rings (SSSR count). The highest BCUT2D eigenvalue weighted by Crippen LogP contribution is 2.06. The van der Waals surface area contributed by atoms with E-state index in [1.54, 1.807) is 0 Å². The first-order valence-electron chi connectivity index (χ1n) is 7.58. The molecule has 3 heteroatoms. The summed E-state index contributed by atoms with van der Waals surface area (Å²) in [6.45, 7) is 11.4. The maximum atomic E-state index is 5.59. The molecule has 1 aromatic rings. The van der Waals surface area contributed by atoms with Crippen molar-refractivity contribution in [3.05, 3.63) is 35.4 Å². The van der Waals surface area contributed by atoms with Crippen molar-refractivity contribution >= 4 is 0 Å². The highest BCUT2D eigenvalue weighted by atomic mass is 16.5. The van der Waals surface area contributed by atoms with Gasteiger partial charge in [-0.25, -0.2) is 0 Å². The Bertz CT molecular complexity index is 347. The Kier molecular flexibility index (Phi) is 8.51. The van der Waals surface area contributed by atoms with Gasteiger partial charge in [-0.2, -0.15) is 0 Å². The Morgan fingerprint density at radius 3 is 2.20 bits per heavy atom. The van der Waals surface area contributed by atoms with Gasteiger partial charge in [-0.1, -0.05) is 38.1 Å². The zero-order valence-electron chi connectivity index (χ0n) is 13.3. The molecule has 0 atom stereocenters. The fourth-order valence-corrected chi connectivity index (χ4v) is 1.84. The lowest BCUT2D eigenvalue weighted by atomic mass is 10.1. The SMILES string of the molecule is CC(C)NCCc1ccc(COCCOC(C)C)cc1. The first-order chi connectivity index (χ1) is 9.58. The Labute approximate surface area is 123 Å². The zero-order chi connectivity index (χ0) is 14.8. The molecule has 0 aliphatic rings. The highest BCUT2D eigenvalue weighted by Gasteiger charge is 1.98. The average molecular weight is 279 g/mol. The van der Waals surface area contributed by atoms with Gasteiger partial charge < -0.3 is 14.8 Å². The molecular weight excluding hydrogens is 250 g/mol. The summed E-state index contributed by atoms with van der Waals surface area (Å²) in [5, 5.41) is 3.43. The van der Waals surface area contributed by atoms with Crippen LogP contribution in [0.25, 0.3) is 0 Å². The van der Waals surface area contributed by atoms with Gasteiger partial charge >= 0.3 is 0 Å². The van der Waals surface area contributed by atoms with Crippen LogP contribution in [0.1, 0.15) is 38.8 Å². The second-order valence-corrected chi connectivity index (χ2v) is 5.65. The van der Waals surface area contributed by atoms with Gasteiger partial charge in [0, 0.05) is 6.04 Å². The molecule has 0 saturated heterocycles. The second-order valence-electron chi connectivity index (χ2n) is 5.65. The third-order valence-corrected chi connectivity index (χ3v) is 2.94. The van der Waals surface area contributed by atoms with Gasteiger partial charge in [-0.15, -0.1) is 0 Å². The summed E-state index contributed by atoms with van der Waals surface area (Å²) < 4.78 is 11.0. The van der Waals surface area contributed by atoms with Crippen LogP contribution in [0.15, 0.2) is 24.3 Å². The van der Waals surface area contributed by atoms with Crippen molar-refractivity contribution in [2.75, 3.05) is 19.8 Å². The fraction of sp³-hybridized carbons (Fsp3) is 0.647. The molecule has 0 radical (unpaired) electrons. The first-order valence-corrected chi connectivity index (χ1v) is 7.58. The van der Waals surface area contributed by atoms with Crippen molar-refractivity contribution in [3.63, 3.8) is 0 Å². The molecule has 20 heavy (non-hydrogen) atoms. The lowest BCUT2D eigenvalue weighted by Gasteiger charge is -2.09. The van der Waals surface area contributed by atoms with Gasteiger partial charge in [0.2, 0.25) is 0 Å². The molecule has 1 aromatic carbocycles. The van der Waals surface area contributed by atoms with Crippen LogP contribution in [-0.4, -0.2) is 31.9 Å². The van der Waals surface area contributed by atoms with E-state index in [0.29, 0.717) is 25.9 Å². The summed E-state index contributed by atoms with van der Waals surface area (Å²) >= 11 is 0. The molecule has 3 nitrogen and oxygen atoms in total. The third kappa shape index (κ3) is 8.31. The zero-order valence-corrected chi connectivity index (χ0v) is 13.3. The van der Waals surface area contributed by atoms with E-state index in [1.807, 2.05) is 13.8 Å². The Hall–Kier alpha value is -0.900. The van der Waals surface area contributed by atoms with Crippen LogP contribution in [0.3, 0.4) is 0 Å². The van der Waals surface area contributed by atoms with Crippen LogP contribution in [0.2, 0.25) is 0 Å². The number of hydrogen-bond acceptors (Lipinski definition) is 3. The number of rotatable bonds is 10. The van der Waals surface area contributed by atoms with Crippen LogP contribution < -0.4 is 5.32 Å². The van der Waals surface area contributed by atoms with E-state index in [1.165, 1.54) is 11.1 Å². The summed E-state index contributed by atoms with van der Waals surface area (Å²) in [5.41, 5.74) is 2.58. The monoisotopic (exact) mass is 279 g/mol. The largest absolute Gasteiger partial charge is 0.376 e. The number of ether oxygens (including phenoxy) is 2. The van der Waals surface area contributed by atoms with Crippen molar-refractivity contribution < 1.29 is 9.47 Å². The highest BCUT2D eigenvalue weighted by molar-refractivity contribution is 5.22. The molecule has 0 heterocycles. The lowest BCUT2D eigenvalue weighted by molar-refractivity contribution is 0.0143. The molecule has 0 unspecified atom stereocenters. The van der Waals surface area contributed by atoms with E-state index >= 15 is 0 Å². The number of nitrogens with one attached hydrogen (secondary N) is 1. The van der Waals surface area contributed by atoms with Crippen molar-refractivity contribution in [1.82, 2.24) is 5.32 Å². The summed E-state index contributed by atoms with van der Waals surface area (Å²) in [6.07, 6.45) is 1.35. The second kappa shape index (κ2) is 9.92. The van der Waals surface area contributed by atoms with Crippen molar-refractivity contribution in [2.45, 2.75) is 52.9 Å². The van der Waals surface area contributed by atoms with Crippen molar-refractivity contribution in [2.24, 2.45) is 0 Å². The first kappa shape index (κ1) is 17.2. The summed E-state index contributed by atoms with van der Waals surface area (Å²) in [7, 11) is 0. The molecule has 0 bridgehead atoms. The summed E-state index contributed by atoms with van der Waals surface area (Å²) in [6, 6.07) is 9.22. The van der Waals surface area contributed by atoms with Gasteiger partial charge in [-0.05, 0) is 37.9 Å². The summed E-state index contributed by atoms with van der Waals surface area (Å²) in [5.74, 6) is 0. The molecule has 0 spiro atoms. The Morgan fingerprint density at radius 1 is 0.950 bits per heavy atom.